The monoisotopic (exact) mass is 280 g/mol. The summed E-state index contributed by atoms with van der Waals surface area (Å²) in [6.07, 6.45) is 3.83. The molecule has 0 atom stereocenters. The standard InChI is InChI=1S/C17H20N4/c1-3-6-15-20-16(17(18)21(15)4-2)13-8-9-14-12(11-13)7-5-10-19-14/h5,7-11H,3-4,6,18H2,1-2H3. The number of benzene rings is 1. The van der Waals surface area contributed by atoms with Crippen LogP contribution in [0.4, 0.5) is 5.82 Å². The van der Waals surface area contributed by atoms with E-state index in [-0.39, 0.29) is 0 Å². The Labute approximate surface area is 124 Å². The summed E-state index contributed by atoms with van der Waals surface area (Å²) in [5, 5.41) is 1.11. The summed E-state index contributed by atoms with van der Waals surface area (Å²) in [4.78, 5) is 9.11. The zero-order valence-corrected chi connectivity index (χ0v) is 12.5. The van der Waals surface area contributed by atoms with Gasteiger partial charge >= 0.3 is 0 Å². The molecule has 0 fully saturated rings. The number of imidazole rings is 1. The van der Waals surface area contributed by atoms with E-state index in [0.29, 0.717) is 0 Å². The number of anilines is 1. The first kappa shape index (κ1) is 13.6. The van der Waals surface area contributed by atoms with Gasteiger partial charge in [0.05, 0.1) is 5.52 Å². The molecule has 4 heteroatoms. The van der Waals surface area contributed by atoms with Gasteiger partial charge in [0, 0.05) is 30.1 Å². The van der Waals surface area contributed by atoms with Gasteiger partial charge in [-0.25, -0.2) is 4.98 Å². The maximum Gasteiger partial charge on any atom is 0.131 e. The summed E-state index contributed by atoms with van der Waals surface area (Å²) in [5.74, 6) is 1.82. The van der Waals surface area contributed by atoms with Gasteiger partial charge in [0.15, 0.2) is 0 Å². The minimum Gasteiger partial charge on any atom is -0.383 e. The second-order valence-corrected chi connectivity index (χ2v) is 5.17. The van der Waals surface area contributed by atoms with E-state index in [0.717, 1.165) is 53.2 Å². The van der Waals surface area contributed by atoms with Crippen LogP contribution in [-0.2, 0) is 13.0 Å². The predicted molar refractivity (Wildman–Crippen MR) is 87.0 cm³/mol. The van der Waals surface area contributed by atoms with Crippen molar-refractivity contribution < 1.29 is 0 Å². The fourth-order valence-corrected chi connectivity index (χ4v) is 2.72. The first-order valence-corrected chi connectivity index (χ1v) is 7.44. The molecule has 0 aliphatic heterocycles. The fourth-order valence-electron chi connectivity index (χ4n) is 2.72. The smallest absolute Gasteiger partial charge is 0.131 e. The number of aryl methyl sites for hydroxylation is 1. The molecule has 0 radical (unpaired) electrons. The van der Waals surface area contributed by atoms with Crippen molar-refractivity contribution in [2.75, 3.05) is 5.73 Å². The number of fused-ring (bicyclic) bond motifs is 1. The molecule has 108 valence electrons. The molecule has 0 unspecified atom stereocenters. The molecule has 0 saturated carbocycles. The van der Waals surface area contributed by atoms with Crippen LogP contribution in [0.2, 0.25) is 0 Å². The summed E-state index contributed by atoms with van der Waals surface area (Å²) >= 11 is 0. The zero-order chi connectivity index (χ0) is 14.8. The van der Waals surface area contributed by atoms with Crippen LogP contribution in [0.25, 0.3) is 22.2 Å². The molecule has 21 heavy (non-hydrogen) atoms. The number of pyridine rings is 1. The Balaban J connectivity index is 2.13. The molecule has 4 nitrogen and oxygen atoms in total. The number of nitrogen functional groups attached to an aromatic ring is 1. The van der Waals surface area contributed by atoms with Crippen LogP contribution in [-0.4, -0.2) is 14.5 Å². The van der Waals surface area contributed by atoms with Crippen molar-refractivity contribution in [3.63, 3.8) is 0 Å². The minimum atomic E-state index is 0.754. The molecule has 0 amide bonds. The van der Waals surface area contributed by atoms with Crippen molar-refractivity contribution in [2.24, 2.45) is 0 Å². The number of nitrogens with two attached hydrogens (primary N) is 1. The van der Waals surface area contributed by atoms with Gasteiger partial charge in [-0.3, -0.25) is 4.98 Å². The quantitative estimate of drug-likeness (QED) is 0.793. The van der Waals surface area contributed by atoms with Crippen molar-refractivity contribution in [2.45, 2.75) is 33.2 Å². The van der Waals surface area contributed by atoms with Crippen molar-refractivity contribution in [3.8, 4) is 11.3 Å². The van der Waals surface area contributed by atoms with Gasteiger partial charge in [-0.15, -0.1) is 0 Å². The first-order valence-electron chi connectivity index (χ1n) is 7.44. The normalized spacial score (nSPS) is 11.1. The summed E-state index contributed by atoms with van der Waals surface area (Å²) < 4.78 is 2.10. The van der Waals surface area contributed by atoms with E-state index < -0.39 is 0 Å². The number of hydrogen-bond acceptors (Lipinski definition) is 3. The van der Waals surface area contributed by atoms with E-state index in [2.05, 4.69) is 35.5 Å². The lowest BCUT2D eigenvalue weighted by Gasteiger charge is -2.05. The Kier molecular flexibility index (Phi) is 3.60. The lowest BCUT2D eigenvalue weighted by molar-refractivity contribution is 0.690. The van der Waals surface area contributed by atoms with E-state index in [1.54, 1.807) is 0 Å². The summed E-state index contributed by atoms with van der Waals surface area (Å²) in [6.45, 7) is 5.11. The highest BCUT2D eigenvalue weighted by Gasteiger charge is 2.14. The molecular formula is C17H20N4. The molecule has 0 bridgehead atoms. The van der Waals surface area contributed by atoms with Crippen molar-refractivity contribution >= 4 is 16.7 Å². The summed E-state index contributed by atoms with van der Waals surface area (Å²) in [7, 11) is 0. The van der Waals surface area contributed by atoms with Crippen molar-refractivity contribution in [1.82, 2.24) is 14.5 Å². The van der Waals surface area contributed by atoms with Crippen LogP contribution in [0, 0.1) is 0 Å². The molecular weight excluding hydrogens is 260 g/mol. The molecule has 0 aliphatic rings. The lowest BCUT2D eigenvalue weighted by atomic mass is 10.1. The fraction of sp³-hybridized carbons (Fsp3) is 0.294. The highest BCUT2D eigenvalue weighted by molar-refractivity contribution is 5.85. The van der Waals surface area contributed by atoms with Gasteiger partial charge in [-0.1, -0.05) is 19.1 Å². The molecule has 3 aromatic rings. The van der Waals surface area contributed by atoms with Crippen LogP contribution < -0.4 is 5.73 Å². The predicted octanol–water partition coefficient (Wildman–Crippen LogP) is 3.65. The average molecular weight is 280 g/mol. The Morgan fingerprint density at radius 1 is 1.19 bits per heavy atom. The maximum atomic E-state index is 6.31. The highest BCUT2D eigenvalue weighted by Crippen LogP contribution is 2.29. The minimum absolute atomic E-state index is 0.754. The van der Waals surface area contributed by atoms with Crippen LogP contribution in [0.5, 0.6) is 0 Å². The Bertz CT molecular complexity index is 774. The molecule has 2 heterocycles. The topological polar surface area (TPSA) is 56.7 Å². The molecule has 1 aromatic carbocycles. The van der Waals surface area contributed by atoms with Crippen LogP contribution in [0.1, 0.15) is 26.1 Å². The molecule has 0 aliphatic carbocycles. The van der Waals surface area contributed by atoms with E-state index >= 15 is 0 Å². The summed E-state index contributed by atoms with van der Waals surface area (Å²) in [6, 6.07) is 10.2. The summed E-state index contributed by atoms with van der Waals surface area (Å²) in [5.41, 5.74) is 9.23. The molecule has 2 N–H and O–H groups in total. The molecule has 0 saturated heterocycles. The van der Waals surface area contributed by atoms with Gasteiger partial charge < -0.3 is 10.3 Å². The Morgan fingerprint density at radius 3 is 2.81 bits per heavy atom. The molecule has 0 spiro atoms. The Morgan fingerprint density at radius 2 is 2.05 bits per heavy atom. The SMILES string of the molecule is CCCc1nc(-c2ccc3ncccc3c2)c(N)n1CC. The number of rotatable bonds is 4. The average Bonchev–Trinajstić information content (AvgIpc) is 2.83. The Hall–Kier alpha value is -2.36. The number of hydrogen-bond donors (Lipinski definition) is 1. The van der Waals surface area contributed by atoms with Gasteiger partial charge in [0.1, 0.15) is 17.3 Å². The van der Waals surface area contributed by atoms with Gasteiger partial charge in [-0.2, -0.15) is 0 Å². The zero-order valence-electron chi connectivity index (χ0n) is 12.5. The van der Waals surface area contributed by atoms with Gasteiger partial charge in [0.2, 0.25) is 0 Å². The van der Waals surface area contributed by atoms with Gasteiger partial charge in [-0.05, 0) is 31.5 Å². The lowest BCUT2D eigenvalue weighted by Crippen LogP contribution is -2.05. The van der Waals surface area contributed by atoms with Crippen molar-refractivity contribution in [1.29, 1.82) is 0 Å². The number of aromatic nitrogens is 3. The van der Waals surface area contributed by atoms with Crippen LogP contribution >= 0.6 is 0 Å². The van der Waals surface area contributed by atoms with Gasteiger partial charge in [0.25, 0.3) is 0 Å². The van der Waals surface area contributed by atoms with E-state index in [4.69, 9.17) is 10.7 Å². The third kappa shape index (κ3) is 2.37. The molecule has 3 rings (SSSR count). The van der Waals surface area contributed by atoms with Crippen LogP contribution in [0.3, 0.4) is 0 Å². The van der Waals surface area contributed by atoms with E-state index in [9.17, 15) is 0 Å². The third-order valence-corrected chi connectivity index (χ3v) is 3.75. The highest BCUT2D eigenvalue weighted by atomic mass is 15.1. The number of nitrogens with zero attached hydrogens (tertiary/aromatic N) is 3. The van der Waals surface area contributed by atoms with E-state index in [1.807, 2.05) is 24.4 Å². The second kappa shape index (κ2) is 5.56. The van der Waals surface area contributed by atoms with Crippen LogP contribution in [0.15, 0.2) is 36.5 Å². The first-order chi connectivity index (χ1) is 10.2. The maximum absolute atomic E-state index is 6.31. The third-order valence-electron chi connectivity index (χ3n) is 3.75. The molecule has 2 aromatic heterocycles. The second-order valence-electron chi connectivity index (χ2n) is 5.17. The van der Waals surface area contributed by atoms with E-state index in [1.165, 1.54) is 0 Å². The largest absolute Gasteiger partial charge is 0.383 e. The van der Waals surface area contributed by atoms with Crippen molar-refractivity contribution in [3.05, 3.63) is 42.4 Å².